The highest BCUT2D eigenvalue weighted by atomic mass is 79.9. The van der Waals surface area contributed by atoms with E-state index in [-0.39, 0.29) is 11.9 Å². The molecule has 0 aliphatic rings. The number of benzene rings is 2. The highest BCUT2D eigenvalue weighted by molar-refractivity contribution is 9.10. The standard InChI is InChI=1S/C15H15Br2FN2O/c1-21-11-3-4-13(17)12(8-11)15(20-19)7-9-6-10(16)2-5-14(9)18/h2-6,8,15,20H,7,19H2,1H3. The molecule has 0 radical (unpaired) electrons. The summed E-state index contributed by atoms with van der Waals surface area (Å²) in [7, 11) is 1.60. The zero-order valence-electron chi connectivity index (χ0n) is 11.4. The van der Waals surface area contributed by atoms with E-state index in [0.29, 0.717) is 12.0 Å². The van der Waals surface area contributed by atoms with Crippen molar-refractivity contribution in [1.29, 1.82) is 0 Å². The van der Waals surface area contributed by atoms with Gasteiger partial charge in [-0.1, -0.05) is 31.9 Å². The second-order valence-electron chi connectivity index (χ2n) is 4.55. The van der Waals surface area contributed by atoms with Gasteiger partial charge >= 0.3 is 0 Å². The van der Waals surface area contributed by atoms with Crippen molar-refractivity contribution in [1.82, 2.24) is 5.43 Å². The van der Waals surface area contributed by atoms with Crippen molar-refractivity contribution < 1.29 is 9.13 Å². The van der Waals surface area contributed by atoms with Gasteiger partial charge in [-0.3, -0.25) is 11.3 Å². The molecular weight excluding hydrogens is 403 g/mol. The number of nitrogens with one attached hydrogen (secondary N) is 1. The van der Waals surface area contributed by atoms with Gasteiger partial charge in [-0.15, -0.1) is 0 Å². The van der Waals surface area contributed by atoms with Gasteiger partial charge in [0.1, 0.15) is 11.6 Å². The highest BCUT2D eigenvalue weighted by Gasteiger charge is 2.17. The Hall–Kier alpha value is -0.950. The fraction of sp³-hybridized carbons (Fsp3) is 0.200. The van der Waals surface area contributed by atoms with Gasteiger partial charge in [0.05, 0.1) is 13.2 Å². The van der Waals surface area contributed by atoms with Crippen molar-refractivity contribution in [3.63, 3.8) is 0 Å². The van der Waals surface area contributed by atoms with Crippen LogP contribution < -0.4 is 16.0 Å². The van der Waals surface area contributed by atoms with Crippen molar-refractivity contribution in [3.8, 4) is 5.75 Å². The number of hydrazine groups is 1. The van der Waals surface area contributed by atoms with E-state index >= 15 is 0 Å². The topological polar surface area (TPSA) is 47.3 Å². The van der Waals surface area contributed by atoms with Gasteiger partial charge in [0.25, 0.3) is 0 Å². The average molecular weight is 418 g/mol. The molecule has 0 saturated carbocycles. The van der Waals surface area contributed by atoms with Crippen LogP contribution in [-0.2, 0) is 6.42 Å². The van der Waals surface area contributed by atoms with Crippen molar-refractivity contribution in [2.24, 2.45) is 5.84 Å². The van der Waals surface area contributed by atoms with Gasteiger partial charge in [-0.2, -0.15) is 0 Å². The van der Waals surface area contributed by atoms with E-state index in [4.69, 9.17) is 10.6 Å². The molecule has 112 valence electrons. The lowest BCUT2D eigenvalue weighted by Crippen LogP contribution is -2.30. The number of hydrogen-bond donors (Lipinski definition) is 2. The van der Waals surface area contributed by atoms with Gasteiger partial charge in [0, 0.05) is 8.95 Å². The van der Waals surface area contributed by atoms with Crippen LogP contribution in [0.1, 0.15) is 17.2 Å². The summed E-state index contributed by atoms with van der Waals surface area (Å²) < 4.78 is 20.9. The fourth-order valence-electron chi connectivity index (χ4n) is 2.09. The minimum atomic E-state index is -0.252. The third-order valence-corrected chi connectivity index (χ3v) is 4.43. The smallest absolute Gasteiger partial charge is 0.126 e. The predicted octanol–water partition coefficient (Wildman–Crippen LogP) is 4.11. The molecule has 2 aromatic rings. The molecular formula is C15H15Br2FN2O. The normalized spacial score (nSPS) is 12.2. The summed E-state index contributed by atoms with van der Waals surface area (Å²) in [6.45, 7) is 0. The molecule has 21 heavy (non-hydrogen) atoms. The number of ether oxygens (including phenoxy) is 1. The van der Waals surface area contributed by atoms with E-state index in [1.807, 2.05) is 18.2 Å². The Kier molecular flexibility index (Phi) is 5.75. The first-order chi connectivity index (χ1) is 10.0. The van der Waals surface area contributed by atoms with Gasteiger partial charge in [0.2, 0.25) is 0 Å². The van der Waals surface area contributed by atoms with Crippen LogP contribution in [0.2, 0.25) is 0 Å². The quantitative estimate of drug-likeness (QED) is 0.568. The summed E-state index contributed by atoms with van der Waals surface area (Å²) in [5, 5.41) is 0. The first-order valence-corrected chi connectivity index (χ1v) is 7.87. The molecule has 2 rings (SSSR count). The number of hydrogen-bond acceptors (Lipinski definition) is 3. The maximum absolute atomic E-state index is 13.9. The molecule has 0 aromatic heterocycles. The summed E-state index contributed by atoms with van der Waals surface area (Å²) >= 11 is 6.85. The van der Waals surface area contributed by atoms with Gasteiger partial charge in [-0.25, -0.2) is 4.39 Å². The van der Waals surface area contributed by atoms with Crippen LogP contribution >= 0.6 is 31.9 Å². The van der Waals surface area contributed by atoms with Crippen molar-refractivity contribution in [3.05, 3.63) is 62.3 Å². The highest BCUT2D eigenvalue weighted by Crippen LogP contribution is 2.30. The van der Waals surface area contributed by atoms with E-state index in [2.05, 4.69) is 37.3 Å². The number of halogens is 3. The van der Waals surface area contributed by atoms with E-state index in [9.17, 15) is 4.39 Å². The number of nitrogens with two attached hydrogens (primary N) is 1. The average Bonchev–Trinajstić information content (AvgIpc) is 2.49. The van der Waals surface area contributed by atoms with Crippen LogP contribution in [0.4, 0.5) is 4.39 Å². The summed E-state index contributed by atoms with van der Waals surface area (Å²) in [5.74, 6) is 6.13. The van der Waals surface area contributed by atoms with Crippen molar-refractivity contribution in [2.45, 2.75) is 12.5 Å². The molecule has 0 saturated heterocycles. The first kappa shape index (κ1) is 16.4. The molecule has 6 heteroatoms. The summed E-state index contributed by atoms with van der Waals surface area (Å²) in [4.78, 5) is 0. The third kappa shape index (κ3) is 4.03. The SMILES string of the molecule is COc1ccc(Br)c(C(Cc2cc(Br)ccc2F)NN)c1. The maximum Gasteiger partial charge on any atom is 0.126 e. The minimum absolute atomic E-state index is 0.238. The molecule has 0 bridgehead atoms. The lowest BCUT2D eigenvalue weighted by atomic mass is 9.99. The molecule has 0 spiro atoms. The van der Waals surface area contributed by atoms with E-state index < -0.39 is 0 Å². The lowest BCUT2D eigenvalue weighted by molar-refractivity contribution is 0.412. The Balaban J connectivity index is 2.34. The Labute approximate surface area is 139 Å². The summed E-state index contributed by atoms with van der Waals surface area (Å²) in [6, 6.07) is 10.2. The van der Waals surface area contributed by atoms with Crippen LogP contribution in [0.5, 0.6) is 5.75 Å². The third-order valence-electron chi connectivity index (χ3n) is 3.21. The van der Waals surface area contributed by atoms with E-state index in [1.165, 1.54) is 6.07 Å². The molecule has 0 fully saturated rings. The molecule has 1 unspecified atom stereocenters. The number of methoxy groups -OCH3 is 1. The van der Waals surface area contributed by atoms with Gasteiger partial charge in [0.15, 0.2) is 0 Å². The lowest BCUT2D eigenvalue weighted by Gasteiger charge is -2.19. The van der Waals surface area contributed by atoms with Crippen LogP contribution in [0, 0.1) is 5.82 Å². The zero-order valence-corrected chi connectivity index (χ0v) is 14.5. The Morgan fingerprint density at radius 2 is 2.00 bits per heavy atom. The van der Waals surface area contributed by atoms with Crippen molar-refractivity contribution in [2.75, 3.05) is 7.11 Å². The monoisotopic (exact) mass is 416 g/mol. The molecule has 3 nitrogen and oxygen atoms in total. The molecule has 2 aromatic carbocycles. The Morgan fingerprint density at radius 1 is 1.24 bits per heavy atom. The van der Waals surface area contributed by atoms with E-state index in [0.717, 1.165) is 20.3 Å². The van der Waals surface area contributed by atoms with Crippen molar-refractivity contribution >= 4 is 31.9 Å². The first-order valence-electron chi connectivity index (χ1n) is 6.28. The second-order valence-corrected chi connectivity index (χ2v) is 6.32. The second kappa shape index (κ2) is 7.35. The summed E-state index contributed by atoms with van der Waals surface area (Å²) in [5.41, 5.74) is 4.24. The molecule has 0 heterocycles. The Morgan fingerprint density at radius 3 is 2.67 bits per heavy atom. The number of rotatable bonds is 5. The van der Waals surface area contributed by atoms with Gasteiger partial charge < -0.3 is 4.74 Å². The largest absolute Gasteiger partial charge is 0.497 e. The zero-order chi connectivity index (χ0) is 15.4. The maximum atomic E-state index is 13.9. The molecule has 0 amide bonds. The molecule has 3 N–H and O–H groups in total. The van der Waals surface area contributed by atoms with Crippen LogP contribution in [-0.4, -0.2) is 7.11 Å². The predicted molar refractivity (Wildman–Crippen MR) is 88.6 cm³/mol. The van der Waals surface area contributed by atoms with E-state index in [1.54, 1.807) is 19.2 Å². The molecule has 0 aliphatic carbocycles. The summed E-state index contributed by atoms with van der Waals surface area (Å²) in [6.07, 6.45) is 0.424. The van der Waals surface area contributed by atoms with Crippen LogP contribution in [0.3, 0.4) is 0 Å². The molecule has 0 aliphatic heterocycles. The van der Waals surface area contributed by atoms with Gasteiger partial charge in [-0.05, 0) is 53.9 Å². The minimum Gasteiger partial charge on any atom is -0.497 e. The van der Waals surface area contributed by atoms with Crippen LogP contribution in [0.25, 0.3) is 0 Å². The molecule has 1 atom stereocenters. The fourth-order valence-corrected chi connectivity index (χ4v) is 3.03. The Bertz CT molecular complexity index is 637. The van der Waals surface area contributed by atoms with Crippen LogP contribution in [0.15, 0.2) is 45.3 Å².